The number of rotatable bonds is 5. The highest BCUT2D eigenvalue weighted by Gasteiger charge is 2.13. The van der Waals surface area contributed by atoms with E-state index in [1.807, 2.05) is 30.3 Å². The van der Waals surface area contributed by atoms with E-state index in [2.05, 4.69) is 9.97 Å². The van der Waals surface area contributed by atoms with Crippen molar-refractivity contribution in [1.29, 1.82) is 0 Å². The Morgan fingerprint density at radius 2 is 2.00 bits per heavy atom. The highest BCUT2D eigenvalue weighted by Crippen LogP contribution is 2.16. The zero-order valence-electron chi connectivity index (χ0n) is 11.2. The summed E-state index contributed by atoms with van der Waals surface area (Å²) in [6, 6.07) is 11.0. The van der Waals surface area contributed by atoms with Gasteiger partial charge in [0.2, 0.25) is 0 Å². The van der Waals surface area contributed by atoms with Gasteiger partial charge in [0.1, 0.15) is 0 Å². The van der Waals surface area contributed by atoms with Crippen LogP contribution in [0.1, 0.15) is 22.6 Å². The summed E-state index contributed by atoms with van der Waals surface area (Å²) in [7, 11) is 1.32. The predicted octanol–water partition coefficient (Wildman–Crippen LogP) is 1.86. The number of carbonyl (C=O) groups excluding carboxylic acids is 1. The first-order chi connectivity index (χ1) is 9.74. The molecule has 0 aliphatic rings. The van der Waals surface area contributed by atoms with Crippen molar-refractivity contribution in [1.82, 2.24) is 9.97 Å². The van der Waals surface area contributed by atoms with Crippen molar-refractivity contribution in [2.45, 2.75) is 12.8 Å². The molecule has 0 unspecified atom stereocenters. The lowest BCUT2D eigenvalue weighted by atomic mass is 10.1. The summed E-state index contributed by atoms with van der Waals surface area (Å²) in [6.07, 6.45) is 1.18. The van der Waals surface area contributed by atoms with Crippen LogP contribution in [0.4, 0.5) is 0 Å². The second-order valence-corrected chi connectivity index (χ2v) is 4.25. The smallest absolute Gasteiger partial charge is 0.356 e. The fourth-order valence-electron chi connectivity index (χ4n) is 1.81. The molecule has 0 aliphatic heterocycles. The van der Waals surface area contributed by atoms with Gasteiger partial charge in [-0.15, -0.1) is 0 Å². The van der Waals surface area contributed by atoms with Gasteiger partial charge in [-0.3, -0.25) is 0 Å². The topological polar surface area (TPSA) is 72.3 Å². The molecular weight excluding hydrogens is 256 g/mol. The first-order valence-corrected chi connectivity index (χ1v) is 6.37. The molecule has 2 aromatic rings. The van der Waals surface area contributed by atoms with E-state index in [-0.39, 0.29) is 12.3 Å². The van der Waals surface area contributed by atoms with Gasteiger partial charge in [-0.2, -0.15) is 0 Å². The monoisotopic (exact) mass is 272 g/mol. The SMILES string of the molecule is COC(=O)c1cc(CCCO)nc(-c2ccccc2)n1. The number of aryl methyl sites for hydroxylation is 1. The number of methoxy groups -OCH3 is 1. The molecule has 0 saturated carbocycles. The Bertz CT molecular complexity index is 585. The quantitative estimate of drug-likeness (QED) is 0.841. The number of carbonyl (C=O) groups is 1. The molecule has 0 saturated heterocycles. The normalized spacial score (nSPS) is 10.3. The van der Waals surface area contributed by atoms with Crippen molar-refractivity contribution >= 4 is 5.97 Å². The Balaban J connectivity index is 2.42. The van der Waals surface area contributed by atoms with Crippen LogP contribution in [0.25, 0.3) is 11.4 Å². The molecule has 0 fully saturated rings. The van der Waals surface area contributed by atoms with Crippen LogP contribution in [0, 0.1) is 0 Å². The third kappa shape index (κ3) is 3.39. The molecule has 20 heavy (non-hydrogen) atoms. The van der Waals surface area contributed by atoms with Gasteiger partial charge < -0.3 is 9.84 Å². The van der Waals surface area contributed by atoms with Gasteiger partial charge >= 0.3 is 5.97 Å². The number of aliphatic hydroxyl groups excluding tert-OH is 1. The number of aromatic nitrogens is 2. The summed E-state index contributed by atoms with van der Waals surface area (Å²) in [5.41, 5.74) is 1.78. The molecule has 1 aromatic carbocycles. The summed E-state index contributed by atoms with van der Waals surface area (Å²) in [6.45, 7) is 0.0816. The van der Waals surface area contributed by atoms with E-state index in [0.717, 1.165) is 5.56 Å². The van der Waals surface area contributed by atoms with Crippen molar-refractivity contribution in [3.05, 3.63) is 47.8 Å². The zero-order chi connectivity index (χ0) is 14.4. The van der Waals surface area contributed by atoms with E-state index in [1.54, 1.807) is 6.07 Å². The van der Waals surface area contributed by atoms with E-state index < -0.39 is 5.97 Å². The average molecular weight is 272 g/mol. The molecule has 0 aliphatic carbocycles. The number of benzene rings is 1. The molecule has 0 spiro atoms. The van der Waals surface area contributed by atoms with Gasteiger partial charge in [0, 0.05) is 17.9 Å². The highest BCUT2D eigenvalue weighted by atomic mass is 16.5. The van der Waals surface area contributed by atoms with Crippen molar-refractivity contribution in [2.24, 2.45) is 0 Å². The summed E-state index contributed by atoms with van der Waals surface area (Å²) in [4.78, 5) is 20.3. The summed E-state index contributed by atoms with van der Waals surface area (Å²) >= 11 is 0. The van der Waals surface area contributed by atoms with Crippen LogP contribution >= 0.6 is 0 Å². The lowest BCUT2D eigenvalue weighted by Crippen LogP contribution is -2.08. The van der Waals surface area contributed by atoms with E-state index in [0.29, 0.717) is 24.4 Å². The van der Waals surface area contributed by atoms with E-state index in [9.17, 15) is 4.79 Å². The maximum atomic E-state index is 11.7. The van der Waals surface area contributed by atoms with Gasteiger partial charge in [0.15, 0.2) is 11.5 Å². The second-order valence-electron chi connectivity index (χ2n) is 4.25. The summed E-state index contributed by atoms with van der Waals surface area (Å²) in [5, 5.41) is 8.90. The largest absolute Gasteiger partial charge is 0.464 e. The van der Waals surface area contributed by atoms with Crippen LogP contribution in [-0.4, -0.2) is 34.8 Å². The molecule has 0 radical (unpaired) electrons. The fourth-order valence-corrected chi connectivity index (χ4v) is 1.81. The predicted molar refractivity (Wildman–Crippen MR) is 74.2 cm³/mol. The van der Waals surface area contributed by atoms with Crippen molar-refractivity contribution in [3.63, 3.8) is 0 Å². The molecule has 2 rings (SSSR count). The van der Waals surface area contributed by atoms with Crippen molar-refractivity contribution < 1.29 is 14.6 Å². The first-order valence-electron chi connectivity index (χ1n) is 6.37. The molecular formula is C15H16N2O3. The number of hydrogen-bond acceptors (Lipinski definition) is 5. The third-order valence-electron chi connectivity index (χ3n) is 2.80. The zero-order valence-corrected chi connectivity index (χ0v) is 11.2. The minimum absolute atomic E-state index is 0.0816. The number of aliphatic hydroxyl groups is 1. The Hall–Kier alpha value is -2.27. The lowest BCUT2D eigenvalue weighted by Gasteiger charge is -2.07. The maximum Gasteiger partial charge on any atom is 0.356 e. The second kappa shape index (κ2) is 6.77. The van der Waals surface area contributed by atoms with E-state index in [1.165, 1.54) is 7.11 Å². The third-order valence-corrected chi connectivity index (χ3v) is 2.80. The van der Waals surface area contributed by atoms with Gasteiger partial charge in [-0.05, 0) is 18.9 Å². The van der Waals surface area contributed by atoms with Crippen LogP contribution < -0.4 is 0 Å². The Morgan fingerprint density at radius 1 is 1.25 bits per heavy atom. The van der Waals surface area contributed by atoms with Crippen LogP contribution in [-0.2, 0) is 11.2 Å². The molecule has 0 bridgehead atoms. The standard InChI is InChI=1S/C15H16N2O3/c1-20-15(19)13-10-12(8-5-9-18)16-14(17-13)11-6-3-2-4-7-11/h2-4,6-7,10,18H,5,8-9H2,1H3. The molecule has 5 heteroatoms. The van der Waals surface area contributed by atoms with Crippen LogP contribution in [0.3, 0.4) is 0 Å². The number of esters is 1. The van der Waals surface area contributed by atoms with E-state index in [4.69, 9.17) is 9.84 Å². The molecule has 1 N–H and O–H groups in total. The van der Waals surface area contributed by atoms with Gasteiger partial charge in [-0.25, -0.2) is 14.8 Å². The number of nitrogens with zero attached hydrogens (tertiary/aromatic N) is 2. The number of hydrogen-bond donors (Lipinski definition) is 1. The van der Waals surface area contributed by atoms with Gasteiger partial charge in [-0.1, -0.05) is 30.3 Å². The maximum absolute atomic E-state index is 11.7. The molecule has 0 amide bonds. The molecule has 5 nitrogen and oxygen atoms in total. The summed E-state index contributed by atoms with van der Waals surface area (Å²) < 4.78 is 4.71. The van der Waals surface area contributed by atoms with Crippen molar-refractivity contribution in [3.8, 4) is 11.4 Å². The highest BCUT2D eigenvalue weighted by molar-refractivity contribution is 5.87. The first kappa shape index (κ1) is 14.1. The van der Waals surface area contributed by atoms with E-state index >= 15 is 0 Å². The Morgan fingerprint density at radius 3 is 2.65 bits per heavy atom. The van der Waals surface area contributed by atoms with Crippen LogP contribution in [0.2, 0.25) is 0 Å². The number of ether oxygens (including phenoxy) is 1. The van der Waals surface area contributed by atoms with Crippen LogP contribution in [0.15, 0.2) is 36.4 Å². The van der Waals surface area contributed by atoms with Gasteiger partial charge in [0.25, 0.3) is 0 Å². The molecule has 104 valence electrons. The fraction of sp³-hybridized carbons (Fsp3) is 0.267. The Labute approximate surface area is 117 Å². The lowest BCUT2D eigenvalue weighted by molar-refractivity contribution is 0.0594. The van der Waals surface area contributed by atoms with Crippen LogP contribution in [0.5, 0.6) is 0 Å². The minimum atomic E-state index is -0.491. The minimum Gasteiger partial charge on any atom is -0.464 e. The molecule has 0 atom stereocenters. The molecule has 1 aromatic heterocycles. The average Bonchev–Trinajstić information content (AvgIpc) is 2.52. The van der Waals surface area contributed by atoms with Crippen molar-refractivity contribution in [2.75, 3.05) is 13.7 Å². The summed E-state index contributed by atoms with van der Waals surface area (Å²) in [5.74, 6) is -0.00345. The van der Waals surface area contributed by atoms with Gasteiger partial charge in [0.05, 0.1) is 7.11 Å². The Kier molecular flexibility index (Phi) is 4.79. The molecule has 1 heterocycles.